The van der Waals surface area contributed by atoms with Crippen LogP contribution in [-0.4, -0.2) is 46.1 Å². The summed E-state index contributed by atoms with van der Waals surface area (Å²) in [7, 11) is 0. The quantitative estimate of drug-likeness (QED) is 0.865. The second-order valence-corrected chi connectivity index (χ2v) is 6.44. The molecule has 0 atom stereocenters. The first-order valence-corrected chi connectivity index (χ1v) is 8.34. The van der Waals surface area contributed by atoms with E-state index in [0.29, 0.717) is 5.92 Å². The Morgan fingerprint density at radius 2 is 1.61 bits per heavy atom. The second-order valence-electron chi connectivity index (χ2n) is 6.44. The van der Waals surface area contributed by atoms with E-state index in [4.69, 9.17) is 4.98 Å². The third kappa shape index (κ3) is 3.11. The van der Waals surface area contributed by atoms with Crippen molar-refractivity contribution in [3.8, 4) is 0 Å². The minimum absolute atomic E-state index is 0.600. The second kappa shape index (κ2) is 5.76. The fourth-order valence-corrected chi connectivity index (χ4v) is 3.10. The van der Waals surface area contributed by atoms with E-state index in [0.717, 1.165) is 55.2 Å². The van der Waals surface area contributed by atoms with E-state index in [1.54, 1.807) is 0 Å². The molecule has 2 aromatic rings. The van der Waals surface area contributed by atoms with E-state index in [1.807, 2.05) is 26.1 Å². The number of anilines is 2. The Bertz CT molecular complexity index is 684. The number of hydrogen-bond donors (Lipinski definition) is 0. The molecule has 1 aliphatic carbocycles. The summed E-state index contributed by atoms with van der Waals surface area (Å²) in [6.07, 6.45) is 4.38. The number of aryl methyl sites for hydroxylation is 2. The lowest BCUT2D eigenvalue weighted by Crippen LogP contribution is -2.47. The average molecular weight is 310 g/mol. The Balaban J connectivity index is 1.45. The molecule has 0 N–H and O–H groups in total. The standard InChI is InChI=1S/C17H22N6/c1-12-11-16(20-13(2)19-12)23-9-7-22(8-10-23)15-5-6-18-17(21-15)14-3-4-14/h5-6,11,14H,3-4,7-10H2,1-2H3. The van der Waals surface area contributed by atoms with Crippen molar-refractivity contribution in [2.24, 2.45) is 0 Å². The zero-order chi connectivity index (χ0) is 15.8. The number of hydrogen-bond acceptors (Lipinski definition) is 6. The summed E-state index contributed by atoms with van der Waals surface area (Å²) in [6.45, 7) is 7.81. The predicted molar refractivity (Wildman–Crippen MR) is 89.9 cm³/mol. The third-order valence-corrected chi connectivity index (χ3v) is 4.48. The van der Waals surface area contributed by atoms with Crippen molar-refractivity contribution < 1.29 is 0 Å². The SMILES string of the molecule is Cc1cc(N2CCN(c3ccnc(C4CC4)n3)CC2)nc(C)n1. The lowest BCUT2D eigenvalue weighted by Gasteiger charge is -2.36. The van der Waals surface area contributed by atoms with Gasteiger partial charge in [-0.1, -0.05) is 0 Å². The van der Waals surface area contributed by atoms with Crippen LogP contribution in [0.2, 0.25) is 0 Å². The van der Waals surface area contributed by atoms with Crippen LogP contribution in [0.4, 0.5) is 11.6 Å². The van der Waals surface area contributed by atoms with Crippen molar-refractivity contribution in [1.29, 1.82) is 0 Å². The molecular weight excluding hydrogens is 288 g/mol. The van der Waals surface area contributed by atoms with E-state index in [9.17, 15) is 0 Å². The van der Waals surface area contributed by atoms with Gasteiger partial charge in [-0.25, -0.2) is 19.9 Å². The van der Waals surface area contributed by atoms with Crippen LogP contribution in [0.3, 0.4) is 0 Å². The van der Waals surface area contributed by atoms with E-state index >= 15 is 0 Å². The fraction of sp³-hybridized carbons (Fsp3) is 0.529. The minimum Gasteiger partial charge on any atom is -0.353 e. The molecule has 2 aliphatic rings. The number of nitrogens with zero attached hydrogens (tertiary/aromatic N) is 6. The molecule has 3 heterocycles. The summed E-state index contributed by atoms with van der Waals surface area (Å²) in [5.41, 5.74) is 1.03. The fourth-order valence-electron chi connectivity index (χ4n) is 3.10. The van der Waals surface area contributed by atoms with Gasteiger partial charge in [-0.05, 0) is 32.8 Å². The first-order valence-electron chi connectivity index (χ1n) is 8.34. The summed E-state index contributed by atoms with van der Waals surface area (Å²) < 4.78 is 0. The highest BCUT2D eigenvalue weighted by Gasteiger charge is 2.27. The zero-order valence-corrected chi connectivity index (χ0v) is 13.7. The maximum Gasteiger partial charge on any atom is 0.133 e. The molecule has 6 nitrogen and oxygen atoms in total. The number of aromatic nitrogens is 4. The highest BCUT2D eigenvalue weighted by molar-refractivity contribution is 5.45. The minimum atomic E-state index is 0.600. The molecule has 1 saturated heterocycles. The molecule has 23 heavy (non-hydrogen) atoms. The van der Waals surface area contributed by atoms with Crippen LogP contribution in [0.1, 0.15) is 36.1 Å². The maximum absolute atomic E-state index is 4.76. The van der Waals surface area contributed by atoms with Crippen molar-refractivity contribution in [3.63, 3.8) is 0 Å². The summed E-state index contributed by atoms with van der Waals surface area (Å²) in [4.78, 5) is 22.8. The van der Waals surface area contributed by atoms with Gasteiger partial charge in [0.15, 0.2) is 0 Å². The predicted octanol–water partition coefficient (Wildman–Crippen LogP) is 2.09. The Morgan fingerprint density at radius 1 is 0.913 bits per heavy atom. The van der Waals surface area contributed by atoms with Crippen LogP contribution in [0.25, 0.3) is 0 Å². The lowest BCUT2D eigenvalue weighted by molar-refractivity contribution is 0.637. The van der Waals surface area contributed by atoms with Gasteiger partial charge in [0.1, 0.15) is 23.3 Å². The Hall–Kier alpha value is -2.24. The van der Waals surface area contributed by atoms with Crippen LogP contribution in [0.15, 0.2) is 18.3 Å². The Morgan fingerprint density at radius 3 is 2.26 bits per heavy atom. The zero-order valence-electron chi connectivity index (χ0n) is 13.7. The van der Waals surface area contributed by atoms with E-state index in [-0.39, 0.29) is 0 Å². The van der Waals surface area contributed by atoms with Crippen molar-refractivity contribution in [2.45, 2.75) is 32.6 Å². The molecule has 0 amide bonds. The highest BCUT2D eigenvalue weighted by Crippen LogP contribution is 2.38. The molecule has 4 rings (SSSR count). The van der Waals surface area contributed by atoms with Crippen LogP contribution in [0, 0.1) is 13.8 Å². The van der Waals surface area contributed by atoms with Crippen LogP contribution < -0.4 is 9.80 Å². The molecule has 2 fully saturated rings. The van der Waals surface area contributed by atoms with Gasteiger partial charge in [-0.3, -0.25) is 0 Å². The van der Waals surface area contributed by atoms with E-state index in [1.165, 1.54) is 12.8 Å². The van der Waals surface area contributed by atoms with Gasteiger partial charge in [0.25, 0.3) is 0 Å². The van der Waals surface area contributed by atoms with Gasteiger partial charge in [-0.15, -0.1) is 0 Å². The Labute approximate surface area is 136 Å². The number of piperazine rings is 1. The first kappa shape index (κ1) is 14.4. The van der Waals surface area contributed by atoms with E-state index in [2.05, 4.69) is 30.8 Å². The molecule has 2 aromatic heterocycles. The van der Waals surface area contributed by atoms with Gasteiger partial charge in [-0.2, -0.15) is 0 Å². The van der Waals surface area contributed by atoms with Crippen LogP contribution in [-0.2, 0) is 0 Å². The summed E-state index contributed by atoms with van der Waals surface area (Å²) >= 11 is 0. The lowest BCUT2D eigenvalue weighted by atomic mass is 10.3. The molecule has 0 unspecified atom stereocenters. The van der Waals surface area contributed by atoms with Gasteiger partial charge in [0.2, 0.25) is 0 Å². The molecule has 6 heteroatoms. The first-order chi connectivity index (χ1) is 11.2. The Kier molecular flexibility index (Phi) is 3.59. The van der Waals surface area contributed by atoms with Crippen LogP contribution >= 0.6 is 0 Å². The van der Waals surface area contributed by atoms with Crippen LogP contribution in [0.5, 0.6) is 0 Å². The van der Waals surface area contributed by atoms with Crippen molar-refractivity contribution in [1.82, 2.24) is 19.9 Å². The maximum atomic E-state index is 4.76. The molecule has 120 valence electrons. The normalized spacial score (nSPS) is 18.3. The van der Waals surface area contributed by atoms with Gasteiger partial charge in [0.05, 0.1) is 0 Å². The number of rotatable bonds is 3. The molecule has 0 radical (unpaired) electrons. The van der Waals surface area contributed by atoms with Gasteiger partial charge < -0.3 is 9.80 Å². The highest BCUT2D eigenvalue weighted by atomic mass is 15.3. The molecule has 0 aromatic carbocycles. The monoisotopic (exact) mass is 310 g/mol. The summed E-state index contributed by atoms with van der Waals surface area (Å²) in [6, 6.07) is 4.10. The topological polar surface area (TPSA) is 58.0 Å². The van der Waals surface area contributed by atoms with Crippen molar-refractivity contribution in [3.05, 3.63) is 35.7 Å². The molecule has 1 aliphatic heterocycles. The summed E-state index contributed by atoms with van der Waals surface area (Å²) in [5.74, 6) is 4.56. The summed E-state index contributed by atoms with van der Waals surface area (Å²) in [5, 5.41) is 0. The molecular formula is C17H22N6. The molecule has 0 spiro atoms. The van der Waals surface area contributed by atoms with Crippen molar-refractivity contribution >= 4 is 11.6 Å². The van der Waals surface area contributed by atoms with E-state index < -0.39 is 0 Å². The van der Waals surface area contributed by atoms with Gasteiger partial charge >= 0.3 is 0 Å². The largest absolute Gasteiger partial charge is 0.353 e. The van der Waals surface area contributed by atoms with Gasteiger partial charge in [0, 0.05) is 50.1 Å². The average Bonchev–Trinajstić information content (AvgIpc) is 3.39. The molecule has 1 saturated carbocycles. The molecule has 0 bridgehead atoms. The van der Waals surface area contributed by atoms with Crippen molar-refractivity contribution in [2.75, 3.05) is 36.0 Å². The third-order valence-electron chi connectivity index (χ3n) is 4.48. The smallest absolute Gasteiger partial charge is 0.133 e.